The number of nitrogens with one attached hydrogen (secondary N) is 3. The lowest BCUT2D eigenvalue weighted by Crippen LogP contribution is -2.38. The van der Waals surface area contributed by atoms with Gasteiger partial charge in [0.1, 0.15) is 0 Å². The first kappa shape index (κ1) is 16.5. The molecule has 0 amide bonds. The first-order valence-electron chi connectivity index (χ1n) is 7.59. The SMILES string of the molecule is CCN1CCC(CNS(=O)(=O)c2c[nH]c(CNC)c2)CC1. The van der Waals surface area contributed by atoms with Crippen molar-refractivity contribution in [2.75, 3.05) is 33.2 Å². The summed E-state index contributed by atoms with van der Waals surface area (Å²) in [5.41, 5.74) is 0.870. The summed E-state index contributed by atoms with van der Waals surface area (Å²) in [4.78, 5) is 5.70. The molecule has 2 heterocycles. The maximum absolute atomic E-state index is 12.3. The first-order chi connectivity index (χ1) is 10.0. The van der Waals surface area contributed by atoms with Gasteiger partial charge < -0.3 is 15.2 Å². The maximum Gasteiger partial charge on any atom is 0.242 e. The van der Waals surface area contributed by atoms with Crippen LogP contribution >= 0.6 is 0 Å². The second-order valence-corrected chi connectivity index (χ2v) is 7.39. The van der Waals surface area contributed by atoms with Gasteiger partial charge in [-0.3, -0.25) is 0 Å². The standard InChI is InChI=1S/C14H26N4O2S/c1-3-18-6-4-12(5-7-18)9-17-21(19,20)14-8-13(10-15-2)16-11-14/h8,11-12,15-17H,3-7,9-10H2,1-2H3. The van der Waals surface area contributed by atoms with E-state index in [1.807, 2.05) is 7.05 Å². The van der Waals surface area contributed by atoms with Crippen LogP contribution in [0.25, 0.3) is 0 Å². The molecule has 0 saturated carbocycles. The Bertz CT molecular complexity index is 533. The zero-order chi connectivity index (χ0) is 15.3. The number of hydrogen-bond donors (Lipinski definition) is 3. The minimum Gasteiger partial charge on any atom is -0.363 e. The fraction of sp³-hybridized carbons (Fsp3) is 0.714. The Balaban J connectivity index is 1.86. The highest BCUT2D eigenvalue weighted by Gasteiger charge is 2.21. The number of aromatic amines is 1. The Hall–Kier alpha value is -0.890. The van der Waals surface area contributed by atoms with Gasteiger partial charge in [0, 0.05) is 25.0 Å². The molecule has 0 aliphatic carbocycles. The van der Waals surface area contributed by atoms with Crippen LogP contribution in [0.4, 0.5) is 0 Å². The molecule has 0 spiro atoms. The van der Waals surface area contributed by atoms with Crippen molar-refractivity contribution in [3.8, 4) is 0 Å². The summed E-state index contributed by atoms with van der Waals surface area (Å²) >= 11 is 0. The highest BCUT2D eigenvalue weighted by molar-refractivity contribution is 7.89. The van der Waals surface area contributed by atoms with Crippen molar-refractivity contribution in [1.29, 1.82) is 0 Å². The van der Waals surface area contributed by atoms with Gasteiger partial charge in [0.05, 0.1) is 4.90 Å². The van der Waals surface area contributed by atoms with Gasteiger partial charge in [-0.2, -0.15) is 0 Å². The Morgan fingerprint density at radius 1 is 1.38 bits per heavy atom. The van der Waals surface area contributed by atoms with Crippen LogP contribution in [0.5, 0.6) is 0 Å². The van der Waals surface area contributed by atoms with E-state index in [1.165, 1.54) is 0 Å². The summed E-state index contributed by atoms with van der Waals surface area (Å²) in [7, 11) is -1.57. The van der Waals surface area contributed by atoms with E-state index in [9.17, 15) is 8.42 Å². The Morgan fingerprint density at radius 3 is 2.71 bits per heavy atom. The van der Waals surface area contributed by atoms with Crippen LogP contribution in [-0.4, -0.2) is 51.5 Å². The van der Waals surface area contributed by atoms with E-state index in [4.69, 9.17) is 0 Å². The van der Waals surface area contributed by atoms with E-state index in [0.717, 1.165) is 38.2 Å². The zero-order valence-electron chi connectivity index (χ0n) is 12.9. The van der Waals surface area contributed by atoms with Crippen molar-refractivity contribution in [1.82, 2.24) is 19.9 Å². The zero-order valence-corrected chi connectivity index (χ0v) is 13.7. The van der Waals surface area contributed by atoms with Crippen molar-refractivity contribution in [3.63, 3.8) is 0 Å². The van der Waals surface area contributed by atoms with Crippen LogP contribution in [0, 0.1) is 5.92 Å². The lowest BCUT2D eigenvalue weighted by molar-refractivity contribution is 0.194. The minimum absolute atomic E-state index is 0.318. The number of piperidine rings is 1. The van der Waals surface area contributed by atoms with Crippen LogP contribution in [0.15, 0.2) is 17.2 Å². The van der Waals surface area contributed by atoms with E-state index >= 15 is 0 Å². The molecule has 0 aromatic carbocycles. The molecule has 1 aliphatic heterocycles. The molecule has 3 N–H and O–H groups in total. The van der Waals surface area contributed by atoms with Gasteiger partial charge in [-0.1, -0.05) is 6.92 Å². The second kappa shape index (κ2) is 7.40. The normalized spacial score (nSPS) is 18.2. The van der Waals surface area contributed by atoms with E-state index < -0.39 is 10.0 Å². The Morgan fingerprint density at radius 2 is 2.10 bits per heavy atom. The van der Waals surface area contributed by atoms with E-state index in [1.54, 1.807) is 12.3 Å². The van der Waals surface area contributed by atoms with Gasteiger partial charge in [0.15, 0.2) is 0 Å². The molecule has 0 radical (unpaired) electrons. The molecule has 1 fully saturated rings. The third-order valence-corrected chi connectivity index (χ3v) is 5.51. The molecular formula is C14H26N4O2S. The number of rotatable bonds is 7. The van der Waals surface area contributed by atoms with Gasteiger partial charge in [-0.05, 0) is 51.5 Å². The topological polar surface area (TPSA) is 77.2 Å². The quantitative estimate of drug-likeness (QED) is 0.694. The smallest absolute Gasteiger partial charge is 0.242 e. The summed E-state index contributed by atoms with van der Waals surface area (Å²) in [6, 6.07) is 1.68. The van der Waals surface area contributed by atoms with Gasteiger partial charge in [0.2, 0.25) is 10.0 Å². The van der Waals surface area contributed by atoms with E-state index in [0.29, 0.717) is 23.9 Å². The molecule has 0 atom stereocenters. The van der Waals surface area contributed by atoms with Crippen molar-refractivity contribution in [2.24, 2.45) is 5.92 Å². The summed E-state index contributed by atoms with van der Waals surface area (Å²) in [6.07, 6.45) is 3.68. The highest BCUT2D eigenvalue weighted by atomic mass is 32.2. The van der Waals surface area contributed by atoms with Crippen molar-refractivity contribution in [3.05, 3.63) is 18.0 Å². The maximum atomic E-state index is 12.3. The van der Waals surface area contributed by atoms with Crippen LogP contribution in [0.1, 0.15) is 25.5 Å². The average Bonchev–Trinajstić information content (AvgIpc) is 2.96. The summed E-state index contributed by atoms with van der Waals surface area (Å²) in [5.74, 6) is 0.443. The molecule has 0 bridgehead atoms. The number of H-pyrrole nitrogens is 1. The molecule has 120 valence electrons. The fourth-order valence-electron chi connectivity index (χ4n) is 2.68. The Kier molecular flexibility index (Phi) is 5.80. The van der Waals surface area contributed by atoms with Gasteiger partial charge in [0.25, 0.3) is 0 Å². The minimum atomic E-state index is -3.40. The van der Waals surface area contributed by atoms with Gasteiger partial charge >= 0.3 is 0 Å². The predicted molar refractivity (Wildman–Crippen MR) is 83.6 cm³/mol. The largest absolute Gasteiger partial charge is 0.363 e. The highest BCUT2D eigenvalue weighted by Crippen LogP contribution is 2.17. The summed E-state index contributed by atoms with van der Waals surface area (Å²) in [5, 5.41) is 2.99. The molecule has 1 saturated heterocycles. The number of hydrogen-bond acceptors (Lipinski definition) is 4. The molecule has 7 heteroatoms. The summed E-state index contributed by atoms with van der Waals surface area (Å²) < 4.78 is 27.2. The molecule has 21 heavy (non-hydrogen) atoms. The number of sulfonamides is 1. The Labute approximate surface area is 127 Å². The molecular weight excluding hydrogens is 288 g/mol. The monoisotopic (exact) mass is 314 g/mol. The lowest BCUT2D eigenvalue weighted by atomic mass is 9.97. The van der Waals surface area contributed by atoms with Gasteiger partial charge in [-0.15, -0.1) is 0 Å². The number of aromatic nitrogens is 1. The lowest BCUT2D eigenvalue weighted by Gasteiger charge is -2.30. The third-order valence-electron chi connectivity index (χ3n) is 4.11. The fourth-order valence-corrected chi connectivity index (χ4v) is 3.82. The van der Waals surface area contributed by atoms with E-state index in [-0.39, 0.29) is 0 Å². The van der Waals surface area contributed by atoms with Crippen molar-refractivity contribution in [2.45, 2.75) is 31.2 Å². The molecule has 1 aromatic rings. The first-order valence-corrected chi connectivity index (χ1v) is 9.07. The second-order valence-electron chi connectivity index (χ2n) is 5.62. The van der Waals surface area contributed by atoms with E-state index in [2.05, 4.69) is 26.8 Å². The number of nitrogens with zero attached hydrogens (tertiary/aromatic N) is 1. The van der Waals surface area contributed by atoms with Gasteiger partial charge in [-0.25, -0.2) is 13.1 Å². The molecule has 6 nitrogen and oxygen atoms in total. The molecule has 1 aliphatic rings. The predicted octanol–water partition coefficient (Wildman–Crippen LogP) is 0.744. The molecule has 2 rings (SSSR count). The van der Waals surface area contributed by atoms with Crippen molar-refractivity contribution < 1.29 is 8.42 Å². The van der Waals surface area contributed by atoms with Crippen LogP contribution in [0.3, 0.4) is 0 Å². The molecule has 1 aromatic heterocycles. The third kappa shape index (κ3) is 4.54. The summed E-state index contributed by atoms with van der Waals surface area (Å²) in [6.45, 7) is 6.55. The molecule has 0 unspecified atom stereocenters. The van der Waals surface area contributed by atoms with Crippen molar-refractivity contribution >= 4 is 10.0 Å². The van der Waals surface area contributed by atoms with Crippen LogP contribution in [-0.2, 0) is 16.6 Å². The van der Waals surface area contributed by atoms with Crippen LogP contribution < -0.4 is 10.0 Å². The average molecular weight is 314 g/mol. The number of likely N-dealkylation sites (tertiary alicyclic amines) is 1. The van der Waals surface area contributed by atoms with Crippen LogP contribution in [0.2, 0.25) is 0 Å².